The highest BCUT2D eigenvalue weighted by Crippen LogP contribution is 2.37. The first-order chi connectivity index (χ1) is 19.5. The Hall–Kier alpha value is -4.49. The van der Waals surface area contributed by atoms with Crippen LogP contribution in [0.5, 0.6) is 17.2 Å². The van der Waals surface area contributed by atoms with Crippen LogP contribution in [0.4, 0.5) is 11.4 Å². The number of ether oxygens (including phenoxy) is 5. The minimum Gasteiger partial charge on any atom is -0.495 e. The molecule has 218 valence electrons. The molecular weight excluding hydrogens is 580 g/mol. The molecule has 0 fully saturated rings. The number of amides is 1. The second-order valence-electron chi connectivity index (χ2n) is 8.18. The maximum atomic E-state index is 14.0. The predicted molar refractivity (Wildman–Crippen MR) is 150 cm³/mol. The summed E-state index contributed by atoms with van der Waals surface area (Å²) in [4.78, 5) is 37.4. The zero-order valence-electron chi connectivity index (χ0n) is 22.7. The van der Waals surface area contributed by atoms with E-state index in [4.69, 9.17) is 35.3 Å². The number of methoxy groups -OCH3 is 5. The van der Waals surface area contributed by atoms with Crippen molar-refractivity contribution in [1.82, 2.24) is 0 Å². The van der Waals surface area contributed by atoms with E-state index in [0.29, 0.717) is 5.75 Å². The zero-order valence-corrected chi connectivity index (χ0v) is 24.3. The molecule has 14 heteroatoms. The first-order valence-corrected chi connectivity index (χ1v) is 13.5. The molecule has 0 spiro atoms. The Kier molecular flexibility index (Phi) is 10.0. The Balaban J connectivity index is 2.09. The minimum absolute atomic E-state index is 0.0137. The number of anilines is 2. The molecule has 1 amide bonds. The summed E-state index contributed by atoms with van der Waals surface area (Å²) >= 11 is 6.19. The van der Waals surface area contributed by atoms with Gasteiger partial charge in [0.05, 0.1) is 57.3 Å². The number of carbonyl (C=O) groups is 3. The summed E-state index contributed by atoms with van der Waals surface area (Å²) in [5.74, 6) is -1.81. The number of halogens is 1. The number of rotatable bonds is 11. The molecule has 1 N–H and O–H groups in total. The number of esters is 2. The third kappa shape index (κ3) is 6.99. The third-order valence-corrected chi connectivity index (χ3v) is 7.69. The van der Waals surface area contributed by atoms with E-state index in [2.05, 4.69) is 5.32 Å². The summed E-state index contributed by atoms with van der Waals surface area (Å²) in [7, 11) is 1.95. The molecule has 0 aromatic heterocycles. The largest absolute Gasteiger partial charge is 0.495 e. The Morgan fingerprint density at radius 1 is 0.756 bits per heavy atom. The summed E-state index contributed by atoms with van der Waals surface area (Å²) in [6, 6.07) is 12.0. The van der Waals surface area contributed by atoms with E-state index >= 15 is 0 Å². The standard InChI is InChI=1S/C27H27ClN2O10S/c1-36-22-8-6-18(28)13-21(22)30(41(34,35)20-7-9-23(37-2)24(14-20)38-3)15-25(31)29-19-11-16(26(32)39-4)10-17(12-19)27(33)40-5/h6-14H,15H2,1-5H3,(H,29,31). The third-order valence-electron chi connectivity index (χ3n) is 5.70. The Labute approximate surface area is 241 Å². The molecule has 0 saturated carbocycles. The van der Waals surface area contributed by atoms with Crippen molar-refractivity contribution in [3.05, 3.63) is 70.7 Å². The predicted octanol–water partition coefficient (Wildman–Crippen LogP) is 3.77. The highest BCUT2D eigenvalue weighted by molar-refractivity contribution is 7.92. The molecule has 0 saturated heterocycles. The van der Waals surface area contributed by atoms with Crippen LogP contribution in [0.1, 0.15) is 20.7 Å². The van der Waals surface area contributed by atoms with E-state index in [1.165, 1.54) is 75.9 Å². The van der Waals surface area contributed by atoms with Crippen molar-refractivity contribution in [3.8, 4) is 17.2 Å². The maximum Gasteiger partial charge on any atom is 0.337 e. The van der Waals surface area contributed by atoms with Crippen LogP contribution < -0.4 is 23.8 Å². The molecule has 3 aromatic rings. The molecule has 0 unspecified atom stereocenters. The number of hydrogen-bond donors (Lipinski definition) is 1. The van der Waals surface area contributed by atoms with Gasteiger partial charge in [-0.15, -0.1) is 0 Å². The molecule has 3 aromatic carbocycles. The van der Waals surface area contributed by atoms with Gasteiger partial charge in [-0.25, -0.2) is 18.0 Å². The van der Waals surface area contributed by atoms with Crippen LogP contribution in [0, 0.1) is 0 Å². The molecule has 3 rings (SSSR count). The van der Waals surface area contributed by atoms with Crippen molar-refractivity contribution in [2.24, 2.45) is 0 Å². The van der Waals surface area contributed by atoms with Crippen LogP contribution in [0.2, 0.25) is 5.02 Å². The van der Waals surface area contributed by atoms with Gasteiger partial charge in [-0.3, -0.25) is 9.10 Å². The van der Waals surface area contributed by atoms with Gasteiger partial charge in [0.2, 0.25) is 5.91 Å². The van der Waals surface area contributed by atoms with Gasteiger partial charge in [-0.05, 0) is 48.5 Å². The summed E-state index contributed by atoms with van der Waals surface area (Å²) in [5, 5.41) is 2.70. The van der Waals surface area contributed by atoms with E-state index < -0.39 is 34.4 Å². The topological polar surface area (TPSA) is 147 Å². The van der Waals surface area contributed by atoms with Gasteiger partial charge in [-0.2, -0.15) is 0 Å². The number of benzene rings is 3. The van der Waals surface area contributed by atoms with Crippen molar-refractivity contribution in [1.29, 1.82) is 0 Å². The molecular formula is C27H27ClN2O10S. The summed E-state index contributed by atoms with van der Waals surface area (Å²) < 4.78 is 54.0. The Morgan fingerprint density at radius 3 is 1.85 bits per heavy atom. The summed E-state index contributed by atoms with van der Waals surface area (Å²) in [5.41, 5.74) is -0.0997. The number of carbonyl (C=O) groups excluding carboxylic acids is 3. The first kappa shape index (κ1) is 31.0. The lowest BCUT2D eigenvalue weighted by Crippen LogP contribution is -2.38. The van der Waals surface area contributed by atoms with Gasteiger partial charge in [-0.1, -0.05) is 11.6 Å². The van der Waals surface area contributed by atoms with Crippen molar-refractivity contribution in [3.63, 3.8) is 0 Å². The first-order valence-electron chi connectivity index (χ1n) is 11.7. The lowest BCUT2D eigenvalue weighted by atomic mass is 10.1. The second kappa shape index (κ2) is 13.2. The van der Waals surface area contributed by atoms with Gasteiger partial charge >= 0.3 is 11.9 Å². The van der Waals surface area contributed by atoms with Crippen molar-refractivity contribution in [2.75, 3.05) is 51.7 Å². The fourth-order valence-corrected chi connectivity index (χ4v) is 5.37. The van der Waals surface area contributed by atoms with E-state index in [0.717, 1.165) is 18.5 Å². The number of nitrogens with one attached hydrogen (secondary N) is 1. The van der Waals surface area contributed by atoms with Crippen LogP contribution in [0.3, 0.4) is 0 Å². The van der Waals surface area contributed by atoms with Gasteiger partial charge in [0.25, 0.3) is 10.0 Å². The quantitative estimate of drug-likeness (QED) is 0.320. The Bertz CT molecular complexity index is 1540. The van der Waals surface area contributed by atoms with Crippen LogP contribution in [0.15, 0.2) is 59.5 Å². The van der Waals surface area contributed by atoms with E-state index in [1.807, 2.05) is 0 Å². The second-order valence-corrected chi connectivity index (χ2v) is 10.5. The normalized spacial score (nSPS) is 10.8. The van der Waals surface area contributed by atoms with E-state index in [1.54, 1.807) is 0 Å². The lowest BCUT2D eigenvalue weighted by Gasteiger charge is -2.26. The van der Waals surface area contributed by atoms with Crippen LogP contribution >= 0.6 is 11.6 Å². The average molecular weight is 607 g/mol. The molecule has 0 heterocycles. The molecule has 0 aliphatic carbocycles. The monoisotopic (exact) mass is 606 g/mol. The van der Waals surface area contributed by atoms with Crippen LogP contribution in [-0.4, -0.2) is 68.4 Å². The lowest BCUT2D eigenvalue weighted by molar-refractivity contribution is -0.114. The van der Waals surface area contributed by atoms with E-state index in [9.17, 15) is 22.8 Å². The maximum absolute atomic E-state index is 14.0. The number of nitrogens with zero attached hydrogens (tertiary/aromatic N) is 1. The van der Waals surface area contributed by atoms with Crippen molar-refractivity contribution in [2.45, 2.75) is 4.90 Å². The summed E-state index contributed by atoms with van der Waals surface area (Å²) in [6.07, 6.45) is 0. The Morgan fingerprint density at radius 2 is 1.32 bits per heavy atom. The van der Waals surface area contributed by atoms with Gasteiger partial charge in [0, 0.05) is 16.8 Å². The molecule has 0 radical (unpaired) electrons. The average Bonchev–Trinajstić information content (AvgIpc) is 2.98. The SMILES string of the molecule is COC(=O)c1cc(NC(=O)CN(c2cc(Cl)ccc2OC)S(=O)(=O)c2ccc(OC)c(OC)c2)cc(C(=O)OC)c1. The summed E-state index contributed by atoms with van der Waals surface area (Å²) in [6.45, 7) is -0.761. The molecule has 41 heavy (non-hydrogen) atoms. The molecule has 0 atom stereocenters. The van der Waals surface area contributed by atoms with Gasteiger partial charge in [0.1, 0.15) is 12.3 Å². The molecule has 0 bridgehead atoms. The highest BCUT2D eigenvalue weighted by atomic mass is 35.5. The van der Waals surface area contributed by atoms with Gasteiger partial charge in [0.15, 0.2) is 11.5 Å². The van der Waals surface area contributed by atoms with Crippen LogP contribution in [0.25, 0.3) is 0 Å². The van der Waals surface area contributed by atoms with Crippen molar-refractivity contribution >= 4 is 50.8 Å². The number of sulfonamides is 1. The number of hydrogen-bond acceptors (Lipinski definition) is 10. The highest BCUT2D eigenvalue weighted by Gasteiger charge is 2.31. The van der Waals surface area contributed by atoms with E-state index in [-0.39, 0.29) is 43.9 Å². The fourth-order valence-electron chi connectivity index (χ4n) is 3.76. The minimum atomic E-state index is -4.45. The molecule has 0 aliphatic heterocycles. The fraction of sp³-hybridized carbons (Fsp3) is 0.222. The molecule has 0 aliphatic rings. The molecule has 12 nitrogen and oxygen atoms in total. The van der Waals surface area contributed by atoms with Gasteiger partial charge < -0.3 is 29.0 Å². The smallest absolute Gasteiger partial charge is 0.337 e. The zero-order chi connectivity index (χ0) is 30.3. The van der Waals surface area contributed by atoms with Crippen LogP contribution in [-0.2, 0) is 24.3 Å². The van der Waals surface area contributed by atoms with Crippen molar-refractivity contribution < 1.29 is 46.5 Å².